The second kappa shape index (κ2) is 13.6. The molecule has 1 unspecified atom stereocenters. The fourth-order valence-electron chi connectivity index (χ4n) is 8.76. The summed E-state index contributed by atoms with van der Waals surface area (Å²) < 4.78 is 2.52. The van der Waals surface area contributed by atoms with Gasteiger partial charge in [0.2, 0.25) is 0 Å². The quantitative estimate of drug-likeness (QED) is 0.168. The van der Waals surface area contributed by atoms with E-state index in [9.17, 15) is 0 Å². The van der Waals surface area contributed by atoms with Crippen molar-refractivity contribution >= 4 is 75.4 Å². The van der Waals surface area contributed by atoms with Crippen LogP contribution in [0.25, 0.3) is 74.7 Å². The molecule has 56 heavy (non-hydrogen) atoms. The third-order valence-corrected chi connectivity index (χ3v) is 12.7. The summed E-state index contributed by atoms with van der Waals surface area (Å²) in [6.07, 6.45) is 1.66. The second-order valence-electron chi connectivity index (χ2n) is 14.7. The van der Waals surface area contributed by atoms with Crippen molar-refractivity contribution in [1.29, 1.82) is 0 Å². The first-order chi connectivity index (χ1) is 27.8. The molecule has 1 aliphatic heterocycles. The number of nitrogens with zero attached hydrogens (tertiary/aromatic N) is 2. The first kappa shape index (κ1) is 32.7. The Bertz CT molecular complexity index is 3190. The Morgan fingerprint density at radius 3 is 1.84 bits per heavy atom. The molecule has 2 heterocycles. The summed E-state index contributed by atoms with van der Waals surface area (Å²) in [5.41, 5.74) is 9.50. The lowest BCUT2D eigenvalue weighted by molar-refractivity contribution is 0.681. The molecule has 0 amide bonds. The van der Waals surface area contributed by atoms with Crippen molar-refractivity contribution in [1.82, 2.24) is 0 Å². The average Bonchev–Trinajstić information content (AvgIpc) is 3.53. The number of rotatable bonds is 5. The number of hydrogen-bond donors (Lipinski definition) is 0. The van der Waals surface area contributed by atoms with Crippen LogP contribution in [0.5, 0.6) is 0 Å². The number of aliphatic imine (C=N–C) groups is 2. The molecule has 1 aliphatic rings. The fraction of sp³-hybridized carbons (Fsp3) is 0.0566. The predicted octanol–water partition coefficient (Wildman–Crippen LogP) is 14.6. The van der Waals surface area contributed by atoms with E-state index in [2.05, 4.69) is 188 Å². The molecular formula is C53H36N2S. The first-order valence-electron chi connectivity index (χ1n) is 19.4. The molecule has 0 saturated carbocycles. The van der Waals surface area contributed by atoms with Gasteiger partial charge >= 0.3 is 0 Å². The van der Waals surface area contributed by atoms with Gasteiger partial charge in [0.25, 0.3) is 0 Å². The third kappa shape index (κ3) is 5.54. The van der Waals surface area contributed by atoms with Gasteiger partial charge in [0.15, 0.2) is 5.84 Å². The number of fused-ring (bicyclic) bond motifs is 7. The maximum absolute atomic E-state index is 5.69. The summed E-state index contributed by atoms with van der Waals surface area (Å²) in [7, 11) is 0. The minimum Gasteiger partial charge on any atom is -0.258 e. The minimum absolute atomic E-state index is 0.0542. The van der Waals surface area contributed by atoms with Gasteiger partial charge in [0.05, 0.1) is 11.8 Å². The van der Waals surface area contributed by atoms with Gasteiger partial charge in [-0.2, -0.15) is 0 Å². The molecule has 0 N–H and O–H groups in total. The van der Waals surface area contributed by atoms with Crippen LogP contribution in [0, 0.1) is 0 Å². The Labute approximate surface area is 329 Å². The van der Waals surface area contributed by atoms with Crippen LogP contribution in [-0.4, -0.2) is 11.5 Å². The Morgan fingerprint density at radius 2 is 1.05 bits per heavy atom. The maximum atomic E-state index is 5.69. The van der Waals surface area contributed by atoms with Crippen LogP contribution >= 0.6 is 11.3 Å². The summed E-state index contributed by atoms with van der Waals surface area (Å²) in [5, 5.41) is 9.94. The third-order valence-electron chi connectivity index (χ3n) is 11.5. The Hall–Kier alpha value is -6.68. The van der Waals surface area contributed by atoms with Crippen molar-refractivity contribution in [3.63, 3.8) is 0 Å². The van der Waals surface area contributed by atoms with Gasteiger partial charge < -0.3 is 0 Å². The van der Waals surface area contributed by atoms with Gasteiger partial charge in [0.1, 0.15) is 0 Å². The fourth-order valence-corrected chi connectivity index (χ4v) is 10.1. The molecule has 0 bridgehead atoms. The van der Waals surface area contributed by atoms with Crippen molar-refractivity contribution in [3.05, 3.63) is 205 Å². The van der Waals surface area contributed by atoms with Crippen LogP contribution in [0.1, 0.15) is 35.6 Å². The van der Waals surface area contributed by atoms with E-state index < -0.39 is 0 Å². The van der Waals surface area contributed by atoms with E-state index in [0.717, 1.165) is 30.0 Å². The molecule has 1 atom stereocenters. The lowest BCUT2D eigenvalue weighted by Gasteiger charge is -2.14. The number of thiophene rings is 1. The molecule has 0 saturated heterocycles. The minimum atomic E-state index is -0.0542. The largest absolute Gasteiger partial charge is 0.258 e. The second-order valence-corrected chi connectivity index (χ2v) is 15.8. The molecular weight excluding hydrogens is 697 g/mol. The summed E-state index contributed by atoms with van der Waals surface area (Å²) in [5.74, 6) is 0.801. The Morgan fingerprint density at radius 1 is 0.429 bits per heavy atom. The van der Waals surface area contributed by atoms with E-state index in [-0.39, 0.29) is 6.04 Å². The lowest BCUT2D eigenvalue weighted by Crippen LogP contribution is -2.06. The molecule has 0 spiro atoms. The van der Waals surface area contributed by atoms with Crippen molar-refractivity contribution < 1.29 is 0 Å². The zero-order valence-electron chi connectivity index (χ0n) is 30.7. The zero-order valence-corrected chi connectivity index (χ0v) is 31.5. The summed E-state index contributed by atoms with van der Waals surface area (Å²) in [6, 6.07) is 68.2. The number of benzene rings is 9. The molecule has 1 aromatic heterocycles. The molecule has 9 aromatic carbocycles. The average molecular weight is 733 g/mol. The van der Waals surface area contributed by atoms with E-state index in [4.69, 9.17) is 9.98 Å². The highest BCUT2D eigenvalue weighted by Crippen LogP contribution is 2.45. The van der Waals surface area contributed by atoms with Crippen molar-refractivity contribution in [2.24, 2.45) is 9.98 Å². The number of amidine groups is 1. The highest BCUT2D eigenvalue weighted by molar-refractivity contribution is 7.27. The summed E-state index contributed by atoms with van der Waals surface area (Å²) in [6.45, 7) is 0. The molecule has 3 heteroatoms. The lowest BCUT2D eigenvalue weighted by atomic mass is 9.91. The van der Waals surface area contributed by atoms with Gasteiger partial charge in [-0.15, -0.1) is 11.3 Å². The Balaban J connectivity index is 1.17. The standard InChI is InChI=1S/C53H36N2S/c1-3-15-35(16-4-1)40-28-29-45(44-23-12-11-22-43(40)44)49-31-30-48(39-27-26-34-14-7-8-19-37(34)32-39)54-53(55-49)47-33-38-20-9-10-21-41(38)50-46-25-13-24-42(51(46)56-52(47)50)36-17-5-2-6-18-36/h1-29,32-33,48H,30-31H2. The van der Waals surface area contributed by atoms with E-state index in [1.54, 1.807) is 0 Å². The Kier molecular flexibility index (Phi) is 7.93. The van der Waals surface area contributed by atoms with E-state index >= 15 is 0 Å². The zero-order chi connectivity index (χ0) is 37.0. The van der Waals surface area contributed by atoms with Gasteiger partial charge in [-0.05, 0) is 85.1 Å². The topological polar surface area (TPSA) is 24.7 Å². The molecule has 11 rings (SSSR count). The van der Waals surface area contributed by atoms with Gasteiger partial charge in [-0.1, -0.05) is 176 Å². The SMILES string of the molecule is c1ccc(-c2ccc(C3=NC(c4cc5ccccc5c5c4sc4c(-c6ccccc6)cccc45)=NC(c4ccc5ccccc5c4)CC3)c3ccccc23)cc1. The molecule has 2 nitrogen and oxygen atoms in total. The normalized spacial score (nSPS) is 14.7. The van der Waals surface area contributed by atoms with Gasteiger partial charge in [-0.25, -0.2) is 4.99 Å². The molecule has 0 aliphatic carbocycles. The first-order valence-corrected chi connectivity index (χ1v) is 20.2. The van der Waals surface area contributed by atoms with Crippen LogP contribution in [0.4, 0.5) is 0 Å². The highest BCUT2D eigenvalue weighted by Gasteiger charge is 2.25. The molecule has 0 fully saturated rings. The van der Waals surface area contributed by atoms with Crippen LogP contribution in [-0.2, 0) is 0 Å². The smallest absolute Gasteiger partial charge is 0.156 e. The van der Waals surface area contributed by atoms with Crippen LogP contribution in [0.2, 0.25) is 0 Å². The van der Waals surface area contributed by atoms with E-state index in [1.807, 2.05) is 11.3 Å². The summed E-state index contributed by atoms with van der Waals surface area (Å²) in [4.78, 5) is 11.4. The molecule has 10 aromatic rings. The molecule has 264 valence electrons. The monoisotopic (exact) mass is 732 g/mol. The summed E-state index contributed by atoms with van der Waals surface area (Å²) >= 11 is 1.87. The van der Waals surface area contributed by atoms with Crippen molar-refractivity contribution in [2.75, 3.05) is 0 Å². The van der Waals surface area contributed by atoms with Gasteiger partial charge in [0, 0.05) is 31.3 Å². The number of hydrogen-bond acceptors (Lipinski definition) is 3. The van der Waals surface area contributed by atoms with Crippen molar-refractivity contribution in [3.8, 4) is 22.3 Å². The van der Waals surface area contributed by atoms with Crippen LogP contribution in [0.15, 0.2) is 198 Å². The van der Waals surface area contributed by atoms with Crippen LogP contribution in [0.3, 0.4) is 0 Å². The predicted molar refractivity (Wildman–Crippen MR) is 241 cm³/mol. The van der Waals surface area contributed by atoms with E-state index in [0.29, 0.717) is 0 Å². The van der Waals surface area contributed by atoms with Crippen molar-refractivity contribution in [2.45, 2.75) is 18.9 Å². The maximum Gasteiger partial charge on any atom is 0.156 e. The van der Waals surface area contributed by atoms with E-state index in [1.165, 1.54) is 85.9 Å². The highest BCUT2D eigenvalue weighted by atomic mass is 32.1. The molecule has 0 radical (unpaired) electrons. The van der Waals surface area contributed by atoms with Gasteiger partial charge in [-0.3, -0.25) is 4.99 Å². The van der Waals surface area contributed by atoms with Crippen LogP contribution < -0.4 is 0 Å².